The Morgan fingerprint density at radius 2 is 2.09 bits per heavy atom. The van der Waals surface area contributed by atoms with Gasteiger partial charge in [0.1, 0.15) is 16.2 Å². The van der Waals surface area contributed by atoms with Crippen LogP contribution in [0.5, 0.6) is 0 Å². The number of carbonyl (C=O) groups is 2. The van der Waals surface area contributed by atoms with Gasteiger partial charge in [0.15, 0.2) is 0 Å². The van der Waals surface area contributed by atoms with Gasteiger partial charge in [-0.2, -0.15) is 0 Å². The molecule has 2 aromatic heterocycles. The fourth-order valence-corrected chi connectivity index (χ4v) is 3.76. The molecule has 0 atom stereocenters. The SMILES string of the molecule is CCCNC(=O)NC(=O)CSc1ncnc2sc(C)c(C)c12. The molecule has 0 saturated heterocycles. The fourth-order valence-electron chi connectivity index (χ4n) is 1.84. The molecule has 0 unspecified atom stereocenters. The zero-order valence-electron chi connectivity index (χ0n) is 12.7. The molecule has 0 radical (unpaired) electrons. The van der Waals surface area contributed by atoms with Gasteiger partial charge < -0.3 is 5.32 Å². The Morgan fingerprint density at radius 1 is 1.32 bits per heavy atom. The van der Waals surface area contributed by atoms with E-state index in [4.69, 9.17) is 0 Å². The molecular formula is C14H18N4O2S2. The van der Waals surface area contributed by atoms with Gasteiger partial charge in [-0.3, -0.25) is 10.1 Å². The first kappa shape index (κ1) is 16.7. The predicted molar refractivity (Wildman–Crippen MR) is 89.4 cm³/mol. The summed E-state index contributed by atoms with van der Waals surface area (Å²) in [6, 6.07) is -0.456. The van der Waals surface area contributed by atoms with E-state index < -0.39 is 6.03 Å². The lowest BCUT2D eigenvalue weighted by Crippen LogP contribution is -2.40. The minimum atomic E-state index is -0.456. The average Bonchev–Trinajstić information content (AvgIpc) is 2.78. The van der Waals surface area contributed by atoms with Gasteiger partial charge in [-0.15, -0.1) is 11.3 Å². The number of imide groups is 1. The van der Waals surface area contributed by atoms with E-state index in [0.29, 0.717) is 6.54 Å². The number of aryl methyl sites for hydroxylation is 2. The quantitative estimate of drug-likeness (QED) is 0.647. The second kappa shape index (κ2) is 7.55. The number of nitrogens with zero attached hydrogens (tertiary/aromatic N) is 2. The summed E-state index contributed by atoms with van der Waals surface area (Å²) in [4.78, 5) is 33.8. The smallest absolute Gasteiger partial charge is 0.321 e. The molecule has 0 aromatic carbocycles. The Labute approximate surface area is 137 Å². The lowest BCUT2D eigenvalue weighted by Gasteiger charge is -2.06. The van der Waals surface area contributed by atoms with Crippen molar-refractivity contribution in [2.24, 2.45) is 0 Å². The molecule has 2 heterocycles. The molecule has 2 N–H and O–H groups in total. The molecular weight excluding hydrogens is 320 g/mol. The van der Waals surface area contributed by atoms with Crippen LogP contribution in [0.15, 0.2) is 11.4 Å². The van der Waals surface area contributed by atoms with Gasteiger partial charge in [0.25, 0.3) is 0 Å². The van der Waals surface area contributed by atoms with E-state index in [0.717, 1.165) is 27.2 Å². The van der Waals surface area contributed by atoms with Crippen molar-refractivity contribution in [3.05, 3.63) is 16.8 Å². The van der Waals surface area contributed by atoms with Crippen LogP contribution in [0.4, 0.5) is 4.79 Å². The molecule has 8 heteroatoms. The minimum Gasteiger partial charge on any atom is -0.338 e. The number of nitrogens with one attached hydrogen (secondary N) is 2. The number of hydrogen-bond donors (Lipinski definition) is 2. The van der Waals surface area contributed by atoms with Gasteiger partial charge >= 0.3 is 6.03 Å². The number of rotatable bonds is 5. The summed E-state index contributed by atoms with van der Waals surface area (Å²) in [6.45, 7) is 6.57. The first-order valence-electron chi connectivity index (χ1n) is 6.94. The highest BCUT2D eigenvalue weighted by molar-refractivity contribution is 8.00. The number of hydrogen-bond acceptors (Lipinski definition) is 6. The first-order valence-corrected chi connectivity index (χ1v) is 8.74. The molecule has 0 fully saturated rings. The maximum atomic E-state index is 11.8. The summed E-state index contributed by atoms with van der Waals surface area (Å²) < 4.78 is 0. The van der Waals surface area contributed by atoms with E-state index >= 15 is 0 Å². The Bertz CT molecular complexity index is 699. The highest BCUT2D eigenvalue weighted by atomic mass is 32.2. The van der Waals surface area contributed by atoms with Crippen LogP contribution >= 0.6 is 23.1 Å². The number of aromatic nitrogens is 2. The number of thioether (sulfide) groups is 1. The van der Waals surface area contributed by atoms with Gasteiger partial charge in [-0.25, -0.2) is 14.8 Å². The Kier molecular flexibility index (Phi) is 5.73. The summed E-state index contributed by atoms with van der Waals surface area (Å²) in [6.07, 6.45) is 2.33. The van der Waals surface area contributed by atoms with Crippen molar-refractivity contribution in [2.45, 2.75) is 32.2 Å². The second-order valence-electron chi connectivity index (χ2n) is 4.73. The first-order chi connectivity index (χ1) is 10.5. The number of carbonyl (C=O) groups excluding carboxylic acids is 2. The Balaban J connectivity index is 2.00. The normalized spacial score (nSPS) is 10.7. The molecule has 0 aliphatic heterocycles. The maximum absolute atomic E-state index is 11.8. The van der Waals surface area contributed by atoms with E-state index in [1.165, 1.54) is 23.0 Å². The summed E-state index contributed by atoms with van der Waals surface area (Å²) >= 11 is 2.93. The second-order valence-corrected chi connectivity index (χ2v) is 6.90. The van der Waals surface area contributed by atoms with Crippen molar-refractivity contribution >= 4 is 45.3 Å². The molecule has 0 bridgehead atoms. The van der Waals surface area contributed by atoms with Crippen molar-refractivity contribution in [1.29, 1.82) is 0 Å². The summed E-state index contributed by atoms with van der Waals surface area (Å²) in [5.41, 5.74) is 1.14. The Morgan fingerprint density at radius 3 is 2.82 bits per heavy atom. The largest absolute Gasteiger partial charge is 0.338 e. The lowest BCUT2D eigenvalue weighted by molar-refractivity contribution is -0.117. The molecule has 118 valence electrons. The third kappa shape index (κ3) is 3.95. The van der Waals surface area contributed by atoms with Gasteiger partial charge in [0, 0.05) is 16.8 Å². The summed E-state index contributed by atoms with van der Waals surface area (Å²) in [5, 5.41) is 6.67. The molecule has 2 aromatic rings. The van der Waals surface area contributed by atoms with Crippen molar-refractivity contribution < 1.29 is 9.59 Å². The number of thiophene rings is 1. The number of urea groups is 1. The zero-order chi connectivity index (χ0) is 16.1. The van der Waals surface area contributed by atoms with Crippen molar-refractivity contribution in [3.63, 3.8) is 0 Å². The Hall–Kier alpha value is -1.67. The van der Waals surface area contributed by atoms with E-state index in [1.807, 2.05) is 20.8 Å². The summed E-state index contributed by atoms with van der Waals surface area (Å²) in [7, 11) is 0. The molecule has 0 aliphatic rings. The van der Waals surface area contributed by atoms with Crippen LogP contribution in [-0.4, -0.2) is 34.2 Å². The predicted octanol–water partition coefficient (Wildman–Crippen LogP) is 2.64. The molecule has 22 heavy (non-hydrogen) atoms. The van der Waals surface area contributed by atoms with Crippen LogP contribution in [0.2, 0.25) is 0 Å². The minimum absolute atomic E-state index is 0.139. The number of fused-ring (bicyclic) bond motifs is 1. The maximum Gasteiger partial charge on any atom is 0.321 e. The van der Waals surface area contributed by atoms with Crippen LogP contribution < -0.4 is 10.6 Å². The van der Waals surface area contributed by atoms with Gasteiger partial charge in [-0.05, 0) is 25.8 Å². The molecule has 3 amide bonds. The van der Waals surface area contributed by atoms with Crippen molar-refractivity contribution in [2.75, 3.05) is 12.3 Å². The molecule has 6 nitrogen and oxygen atoms in total. The van der Waals surface area contributed by atoms with Gasteiger partial charge in [-0.1, -0.05) is 18.7 Å². The van der Waals surface area contributed by atoms with E-state index in [1.54, 1.807) is 11.3 Å². The van der Waals surface area contributed by atoms with Gasteiger partial charge in [0.2, 0.25) is 5.91 Å². The summed E-state index contributed by atoms with van der Waals surface area (Å²) in [5.74, 6) is -0.199. The standard InChI is InChI=1S/C14H18N4O2S2/c1-4-5-15-14(20)18-10(19)6-21-12-11-8(2)9(3)22-13(11)17-7-16-12/h7H,4-6H2,1-3H3,(H2,15,18,19,20). The molecule has 0 spiro atoms. The van der Waals surface area contributed by atoms with Crippen LogP contribution in [-0.2, 0) is 4.79 Å². The van der Waals surface area contributed by atoms with E-state index in [-0.39, 0.29) is 11.7 Å². The van der Waals surface area contributed by atoms with Crippen LogP contribution in [0.3, 0.4) is 0 Å². The lowest BCUT2D eigenvalue weighted by atomic mass is 10.2. The third-order valence-electron chi connectivity index (χ3n) is 3.06. The van der Waals surface area contributed by atoms with E-state index in [2.05, 4.69) is 20.6 Å². The van der Waals surface area contributed by atoms with Crippen molar-refractivity contribution in [1.82, 2.24) is 20.6 Å². The van der Waals surface area contributed by atoms with Crippen LogP contribution in [0, 0.1) is 13.8 Å². The third-order valence-corrected chi connectivity index (χ3v) is 5.16. The molecule has 2 rings (SSSR count). The fraction of sp³-hybridized carbons (Fsp3) is 0.429. The van der Waals surface area contributed by atoms with Crippen molar-refractivity contribution in [3.8, 4) is 0 Å². The van der Waals surface area contributed by atoms with Crippen LogP contribution in [0.25, 0.3) is 10.2 Å². The van der Waals surface area contributed by atoms with Gasteiger partial charge in [0.05, 0.1) is 5.75 Å². The molecule has 0 aliphatic carbocycles. The highest BCUT2D eigenvalue weighted by Crippen LogP contribution is 2.34. The van der Waals surface area contributed by atoms with Crippen LogP contribution in [0.1, 0.15) is 23.8 Å². The van der Waals surface area contributed by atoms with E-state index in [9.17, 15) is 9.59 Å². The zero-order valence-corrected chi connectivity index (χ0v) is 14.4. The monoisotopic (exact) mass is 338 g/mol. The highest BCUT2D eigenvalue weighted by Gasteiger charge is 2.14. The number of amides is 3. The topological polar surface area (TPSA) is 84.0 Å². The molecule has 0 saturated carbocycles. The average molecular weight is 338 g/mol.